The third kappa shape index (κ3) is 9.36. The number of carbonyl (C=O) groups excluding carboxylic acids is 2. The topological polar surface area (TPSA) is 96.0 Å². The lowest BCUT2D eigenvalue weighted by molar-refractivity contribution is -0.142. The van der Waals surface area contributed by atoms with Crippen LogP contribution in [0.25, 0.3) is 0 Å². The SMILES string of the molecule is CC[C@H](C(=O)NC(C)(C)C)N(Cc1ccc(Cl)c(Cl)c1)C(=O)CCCN(c1ccc(OC)cc1)S(C)(=O)=O. The first kappa shape index (κ1) is 31.7. The number of nitrogens with one attached hydrogen (secondary N) is 1. The minimum atomic E-state index is -3.59. The summed E-state index contributed by atoms with van der Waals surface area (Å²) in [5.41, 5.74) is 0.729. The molecule has 2 aromatic rings. The van der Waals surface area contributed by atoms with Crippen LogP contribution in [0.2, 0.25) is 10.0 Å². The van der Waals surface area contributed by atoms with Gasteiger partial charge in [-0.15, -0.1) is 0 Å². The highest BCUT2D eigenvalue weighted by molar-refractivity contribution is 7.92. The fourth-order valence-electron chi connectivity index (χ4n) is 3.96. The molecule has 0 fully saturated rings. The Balaban J connectivity index is 2.26. The summed E-state index contributed by atoms with van der Waals surface area (Å²) in [6.45, 7) is 7.73. The molecule has 1 atom stereocenters. The van der Waals surface area contributed by atoms with Crippen molar-refractivity contribution in [2.24, 2.45) is 0 Å². The largest absolute Gasteiger partial charge is 0.497 e. The van der Waals surface area contributed by atoms with Gasteiger partial charge in [0.2, 0.25) is 21.8 Å². The molecule has 0 saturated carbocycles. The van der Waals surface area contributed by atoms with Gasteiger partial charge >= 0.3 is 0 Å². The van der Waals surface area contributed by atoms with E-state index in [1.807, 2.05) is 27.7 Å². The molecule has 0 bridgehead atoms. The normalized spacial score (nSPS) is 12.5. The van der Waals surface area contributed by atoms with Crippen molar-refractivity contribution in [3.05, 3.63) is 58.1 Å². The number of hydrogen-bond acceptors (Lipinski definition) is 5. The van der Waals surface area contributed by atoms with Crippen molar-refractivity contribution in [3.63, 3.8) is 0 Å². The number of rotatable bonds is 12. The maximum absolute atomic E-state index is 13.5. The number of methoxy groups -OCH3 is 1. The van der Waals surface area contributed by atoms with Crippen molar-refractivity contribution in [3.8, 4) is 5.75 Å². The van der Waals surface area contributed by atoms with Crippen LogP contribution in [-0.2, 0) is 26.2 Å². The highest BCUT2D eigenvalue weighted by Crippen LogP contribution is 2.25. The zero-order valence-electron chi connectivity index (χ0n) is 22.8. The number of hydrogen-bond donors (Lipinski definition) is 1. The molecule has 0 aliphatic rings. The monoisotopic (exact) mass is 585 g/mol. The van der Waals surface area contributed by atoms with Crippen molar-refractivity contribution in [2.45, 2.75) is 65.1 Å². The van der Waals surface area contributed by atoms with E-state index in [1.165, 1.54) is 16.3 Å². The minimum Gasteiger partial charge on any atom is -0.497 e. The van der Waals surface area contributed by atoms with E-state index >= 15 is 0 Å². The Hall–Kier alpha value is -2.49. The molecule has 0 radical (unpaired) electrons. The first-order valence-corrected chi connectivity index (χ1v) is 14.9. The summed E-state index contributed by atoms with van der Waals surface area (Å²) < 4.78 is 31.4. The van der Waals surface area contributed by atoms with Crippen LogP contribution in [0.3, 0.4) is 0 Å². The third-order valence-corrected chi connectivity index (χ3v) is 7.67. The third-order valence-electron chi connectivity index (χ3n) is 5.73. The van der Waals surface area contributed by atoms with E-state index in [4.69, 9.17) is 27.9 Å². The van der Waals surface area contributed by atoms with E-state index < -0.39 is 21.6 Å². The lowest BCUT2D eigenvalue weighted by Gasteiger charge is -2.33. The zero-order chi connectivity index (χ0) is 28.7. The highest BCUT2D eigenvalue weighted by Gasteiger charge is 2.31. The van der Waals surface area contributed by atoms with Crippen LogP contribution >= 0.6 is 23.2 Å². The highest BCUT2D eigenvalue weighted by atomic mass is 35.5. The van der Waals surface area contributed by atoms with Crippen molar-refractivity contribution in [1.29, 1.82) is 0 Å². The average Bonchev–Trinajstić information content (AvgIpc) is 2.82. The van der Waals surface area contributed by atoms with Crippen LogP contribution in [0.4, 0.5) is 5.69 Å². The Kier molecular flexibility index (Phi) is 11.3. The van der Waals surface area contributed by atoms with Gasteiger partial charge in [0.05, 0.1) is 29.1 Å². The second-order valence-corrected chi connectivity index (χ2v) is 12.8. The number of sulfonamides is 1. The van der Waals surface area contributed by atoms with Gasteiger partial charge in [-0.2, -0.15) is 0 Å². The number of benzene rings is 2. The smallest absolute Gasteiger partial charge is 0.243 e. The van der Waals surface area contributed by atoms with Gasteiger partial charge < -0.3 is 15.0 Å². The van der Waals surface area contributed by atoms with E-state index in [0.717, 1.165) is 11.8 Å². The zero-order valence-corrected chi connectivity index (χ0v) is 25.1. The molecular weight excluding hydrogens is 549 g/mol. The number of anilines is 1. The molecule has 11 heteroatoms. The summed E-state index contributed by atoms with van der Waals surface area (Å²) in [7, 11) is -2.06. The Labute approximate surface area is 236 Å². The van der Waals surface area contributed by atoms with Crippen LogP contribution in [0.15, 0.2) is 42.5 Å². The molecule has 0 saturated heterocycles. The molecule has 2 amide bonds. The van der Waals surface area contributed by atoms with Crippen LogP contribution in [0.5, 0.6) is 5.75 Å². The summed E-state index contributed by atoms with van der Waals surface area (Å²) >= 11 is 12.3. The summed E-state index contributed by atoms with van der Waals surface area (Å²) in [6.07, 6.45) is 1.83. The molecular formula is C27H37Cl2N3O5S. The van der Waals surface area contributed by atoms with Crippen molar-refractivity contribution < 1.29 is 22.7 Å². The number of ether oxygens (including phenoxy) is 1. The average molecular weight is 587 g/mol. The fraction of sp³-hybridized carbons (Fsp3) is 0.481. The first-order chi connectivity index (χ1) is 17.7. The van der Waals surface area contributed by atoms with E-state index in [1.54, 1.807) is 42.5 Å². The van der Waals surface area contributed by atoms with E-state index in [0.29, 0.717) is 27.9 Å². The van der Waals surface area contributed by atoms with E-state index in [-0.39, 0.29) is 37.7 Å². The van der Waals surface area contributed by atoms with Gasteiger partial charge in [0, 0.05) is 25.0 Å². The molecule has 2 aromatic carbocycles. The number of nitrogens with zero attached hydrogens (tertiary/aromatic N) is 2. The van der Waals surface area contributed by atoms with Gasteiger partial charge in [0.1, 0.15) is 11.8 Å². The lowest BCUT2D eigenvalue weighted by Crippen LogP contribution is -2.53. The Morgan fingerprint density at radius 1 is 1.05 bits per heavy atom. The summed E-state index contributed by atoms with van der Waals surface area (Å²) in [6, 6.07) is 11.0. The van der Waals surface area contributed by atoms with Gasteiger partial charge in [-0.3, -0.25) is 13.9 Å². The Morgan fingerprint density at radius 2 is 1.68 bits per heavy atom. The molecule has 0 unspecified atom stereocenters. The number of halogens is 2. The molecule has 0 spiro atoms. The van der Waals surface area contributed by atoms with Gasteiger partial charge in [-0.05, 0) is 75.6 Å². The first-order valence-electron chi connectivity index (χ1n) is 12.3. The molecule has 38 heavy (non-hydrogen) atoms. The fourth-order valence-corrected chi connectivity index (χ4v) is 5.25. The van der Waals surface area contributed by atoms with Crippen LogP contribution in [-0.4, -0.2) is 56.6 Å². The molecule has 0 aromatic heterocycles. The van der Waals surface area contributed by atoms with Crippen LogP contribution in [0.1, 0.15) is 52.5 Å². The second-order valence-electron chi connectivity index (χ2n) is 10.1. The number of carbonyl (C=O) groups is 2. The predicted octanol–water partition coefficient (Wildman–Crippen LogP) is 5.27. The maximum atomic E-state index is 13.5. The standard InChI is InChI=1S/C27H37Cl2N3O5S/c1-7-24(26(34)30-27(2,3)4)31(18-19-10-15-22(28)23(29)17-19)25(33)9-8-16-32(38(6,35)36)20-11-13-21(37-5)14-12-20/h10-15,17,24H,7-9,16,18H2,1-6H3,(H,30,34)/t24-/m1/s1. The van der Waals surface area contributed by atoms with E-state index in [2.05, 4.69) is 5.32 Å². The van der Waals surface area contributed by atoms with Gasteiger partial charge in [-0.25, -0.2) is 8.42 Å². The maximum Gasteiger partial charge on any atom is 0.243 e. The van der Waals surface area contributed by atoms with Crippen molar-refractivity contribution in [1.82, 2.24) is 10.2 Å². The van der Waals surface area contributed by atoms with Gasteiger partial charge in [0.15, 0.2) is 0 Å². The van der Waals surface area contributed by atoms with Crippen LogP contribution < -0.4 is 14.4 Å². The second kappa shape index (κ2) is 13.5. The van der Waals surface area contributed by atoms with Crippen molar-refractivity contribution >= 4 is 50.7 Å². The molecule has 0 heterocycles. The minimum absolute atomic E-state index is 0.0444. The molecule has 0 aliphatic carbocycles. The summed E-state index contributed by atoms with van der Waals surface area (Å²) in [4.78, 5) is 28.2. The molecule has 2 rings (SSSR count). The Morgan fingerprint density at radius 3 is 2.18 bits per heavy atom. The molecule has 0 aliphatic heterocycles. The van der Waals surface area contributed by atoms with Crippen molar-refractivity contribution in [2.75, 3.05) is 24.2 Å². The van der Waals surface area contributed by atoms with Crippen LogP contribution in [0, 0.1) is 0 Å². The lowest BCUT2D eigenvalue weighted by atomic mass is 10.0. The Bertz CT molecular complexity index is 1210. The quantitative estimate of drug-likeness (QED) is 0.366. The van der Waals surface area contributed by atoms with Gasteiger partial charge in [-0.1, -0.05) is 36.2 Å². The van der Waals surface area contributed by atoms with E-state index in [9.17, 15) is 18.0 Å². The number of amides is 2. The van der Waals surface area contributed by atoms with Gasteiger partial charge in [0.25, 0.3) is 0 Å². The molecule has 1 N–H and O–H groups in total. The molecule has 210 valence electrons. The predicted molar refractivity (Wildman–Crippen MR) is 153 cm³/mol. The summed E-state index contributed by atoms with van der Waals surface area (Å²) in [5, 5.41) is 3.71. The molecule has 8 nitrogen and oxygen atoms in total. The summed E-state index contributed by atoms with van der Waals surface area (Å²) in [5.74, 6) is 0.0778.